The quantitative estimate of drug-likeness (QED) is 0.496. The summed E-state index contributed by atoms with van der Waals surface area (Å²) in [6.07, 6.45) is 2.61. The van der Waals surface area contributed by atoms with Crippen LogP contribution in [-0.4, -0.2) is 31.3 Å². The third-order valence-electron chi connectivity index (χ3n) is 3.95. The van der Waals surface area contributed by atoms with Crippen molar-refractivity contribution in [1.29, 1.82) is 0 Å². The van der Waals surface area contributed by atoms with E-state index >= 15 is 0 Å². The molecule has 3 heterocycles. The molecule has 3 aromatic heterocycles. The van der Waals surface area contributed by atoms with Crippen LogP contribution in [0, 0.1) is 12.7 Å². The first-order valence-corrected chi connectivity index (χ1v) is 8.30. The summed E-state index contributed by atoms with van der Waals surface area (Å²) in [6, 6.07) is 12.2. The second-order valence-electron chi connectivity index (χ2n) is 5.99. The largest absolute Gasteiger partial charge is 0.353 e. The van der Waals surface area contributed by atoms with Crippen LogP contribution >= 0.6 is 0 Å². The third kappa shape index (κ3) is 3.49. The Labute approximate surface area is 149 Å². The minimum Gasteiger partial charge on any atom is -0.353 e. The van der Waals surface area contributed by atoms with E-state index in [9.17, 15) is 4.39 Å². The van der Waals surface area contributed by atoms with Crippen molar-refractivity contribution < 1.29 is 4.39 Å². The number of aromatic amines is 1. The highest BCUT2D eigenvalue weighted by Gasteiger charge is 2.09. The molecule has 0 aliphatic carbocycles. The van der Waals surface area contributed by atoms with Gasteiger partial charge in [-0.25, -0.2) is 8.91 Å². The van der Waals surface area contributed by atoms with Crippen molar-refractivity contribution in [3.63, 3.8) is 0 Å². The first-order valence-electron chi connectivity index (χ1n) is 8.30. The Balaban J connectivity index is 1.50. The number of H-pyrrole nitrogens is 1. The monoisotopic (exact) mass is 351 g/mol. The van der Waals surface area contributed by atoms with Gasteiger partial charge in [-0.1, -0.05) is 12.1 Å². The summed E-state index contributed by atoms with van der Waals surface area (Å²) in [4.78, 5) is 4.55. The van der Waals surface area contributed by atoms with Gasteiger partial charge in [-0.05, 0) is 43.2 Å². The van der Waals surface area contributed by atoms with Crippen molar-refractivity contribution in [2.75, 3.05) is 17.2 Å². The fraction of sp³-hybridized carbons (Fsp3) is 0.167. The first-order chi connectivity index (χ1) is 12.7. The zero-order valence-corrected chi connectivity index (χ0v) is 14.2. The molecule has 0 amide bonds. The molecular weight excluding hydrogens is 333 g/mol. The van der Waals surface area contributed by atoms with E-state index in [0.717, 1.165) is 23.2 Å². The fourth-order valence-corrected chi connectivity index (χ4v) is 2.67. The number of fused-ring (bicyclic) bond motifs is 1. The molecule has 0 aliphatic heterocycles. The van der Waals surface area contributed by atoms with E-state index in [0.29, 0.717) is 24.1 Å². The smallest absolute Gasteiger partial charge is 0.243 e. The van der Waals surface area contributed by atoms with Crippen LogP contribution in [0.2, 0.25) is 0 Å². The molecule has 0 bridgehead atoms. The molecule has 4 rings (SSSR count). The predicted octanol–water partition coefficient (Wildman–Crippen LogP) is 3.30. The highest BCUT2D eigenvalue weighted by Crippen LogP contribution is 2.20. The molecule has 3 N–H and O–H groups in total. The van der Waals surface area contributed by atoms with Crippen LogP contribution in [0.3, 0.4) is 0 Å². The maximum Gasteiger partial charge on any atom is 0.243 e. The van der Waals surface area contributed by atoms with Gasteiger partial charge in [0.2, 0.25) is 5.95 Å². The highest BCUT2D eigenvalue weighted by molar-refractivity contribution is 5.72. The number of rotatable bonds is 6. The molecule has 0 atom stereocenters. The molecule has 0 saturated heterocycles. The van der Waals surface area contributed by atoms with Crippen LogP contribution in [0.5, 0.6) is 0 Å². The van der Waals surface area contributed by atoms with Gasteiger partial charge < -0.3 is 10.6 Å². The van der Waals surface area contributed by atoms with Gasteiger partial charge in [-0.15, -0.1) is 5.10 Å². The number of hydrogen-bond donors (Lipinski definition) is 3. The van der Waals surface area contributed by atoms with Crippen LogP contribution in [-0.2, 0) is 6.42 Å². The van der Waals surface area contributed by atoms with Gasteiger partial charge in [0.05, 0.1) is 0 Å². The SMILES string of the molecule is Cc1cc(Nc2nc(NCCc3ccc(F)cc3)nn3cccc23)n[nH]1. The maximum absolute atomic E-state index is 13.0. The highest BCUT2D eigenvalue weighted by atomic mass is 19.1. The molecular formula is C18H18FN7. The van der Waals surface area contributed by atoms with Crippen LogP contribution in [0.4, 0.5) is 22.0 Å². The average Bonchev–Trinajstić information content (AvgIpc) is 3.26. The molecule has 0 radical (unpaired) electrons. The third-order valence-corrected chi connectivity index (χ3v) is 3.95. The van der Waals surface area contributed by atoms with Gasteiger partial charge in [0.1, 0.15) is 11.3 Å². The molecule has 7 nitrogen and oxygen atoms in total. The lowest BCUT2D eigenvalue weighted by molar-refractivity contribution is 0.627. The molecule has 0 unspecified atom stereocenters. The number of aryl methyl sites for hydroxylation is 1. The zero-order valence-electron chi connectivity index (χ0n) is 14.2. The number of benzene rings is 1. The number of nitrogens with one attached hydrogen (secondary N) is 3. The van der Waals surface area contributed by atoms with Gasteiger partial charge in [0, 0.05) is 24.5 Å². The van der Waals surface area contributed by atoms with E-state index in [-0.39, 0.29) is 5.82 Å². The van der Waals surface area contributed by atoms with E-state index in [1.807, 2.05) is 31.3 Å². The van der Waals surface area contributed by atoms with Crippen molar-refractivity contribution in [3.05, 3.63) is 65.7 Å². The molecule has 1 aromatic carbocycles. The van der Waals surface area contributed by atoms with E-state index in [1.54, 1.807) is 16.6 Å². The summed E-state index contributed by atoms with van der Waals surface area (Å²) in [7, 11) is 0. The van der Waals surface area contributed by atoms with Crippen molar-refractivity contribution in [1.82, 2.24) is 24.8 Å². The minimum atomic E-state index is -0.229. The average molecular weight is 351 g/mol. The van der Waals surface area contributed by atoms with Crippen LogP contribution < -0.4 is 10.6 Å². The molecule has 132 valence electrons. The Morgan fingerprint density at radius 2 is 2.04 bits per heavy atom. The molecule has 0 spiro atoms. The van der Waals surface area contributed by atoms with E-state index in [2.05, 4.69) is 30.9 Å². The summed E-state index contributed by atoms with van der Waals surface area (Å²) in [5, 5.41) is 18.0. The second-order valence-corrected chi connectivity index (χ2v) is 5.99. The zero-order chi connectivity index (χ0) is 17.9. The van der Waals surface area contributed by atoms with E-state index in [1.165, 1.54) is 12.1 Å². The summed E-state index contributed by atoms with van der Waals surface area (Å²) in [5.41, 5.74) is 2.87. The number of halogens is 1. The Kier molecular flexibility index (Phi) is 4.22. The summed E-state index contributed by atoms with van der Waals surface area (Å²) >= 11 is 0. The molecule has 0 fully saturated rings. The van der Waals surface area contributed by atoms with Crippen LogP contribution in [0.1, 0.15) is 11.3 Å². The van der Waals surface area contributed by atoms with Crippen molar-refractivity contribution in [2.45, 2.75) is 13.3 Å². The Bertz CT molecular complexity index is 1020. The number of nitrogens with zero attached hydrogens (tertiary/aromatic N) is 4. The topological polar surface area (TPSA) is 82.9 Å². The van der Waals surface area contributed by atoms with Gasteiger partial charge in [-0.2, -0.15) is 10.1 Å². The van der Waals surface area contributed by atoms with E-state index < -0.39 is 0 Å². The summed E-state index contributed by atoms with van der Waals surface area (Å²) < 4.78 is 14.7. The molecule has 4 aromatic rings. The predicted molar refractivity (Wildman–Crippen MR) is 98.2 cm³/mol. The van der Waals surface area contributed by atoms with E-state index in [4.69, 9.17) is 0 Å². The maximum atomic E-state index is 13.0. The van der Waals surface area contributed by atoms with Crippen molar-refractivity contribution in [2.24, 2.45) is 0 Å². The normalized spacial score (nSPS) is 11.0. The molecule has 0 aliphatic rings. The molecule has 8 heteroatoms. The standard InChI is InChI=1S/C18H18FN7/c1-12-11-16(24-23-12)21-17-15-3-2-10-26(15)25-18(22-17)20-9-8-13-4-6-14(19)7-5-13/h2-7,10-11H,8-9H2,1H3,(H3,20,21,22,23,24,25). The Morgan fingerprint density at radius 1 is 1.19 bits per heavy atom. The lowest BCUT2D eigenvalue weighted by Crippen LogP contribution is -2.11. The lowest BCUT2D eigenvalue weighted by atomic mass is 10.1. The first kappa shape index (κ1) is 16.1. The Hall–Kier alpha value is -3.42. The van der Waals surface area contributed by atoms with Crippen LogP contribution in [0.25, 0.3) is 5.52 Å². The van der Waals surface area contributed by atoms with Crippen molar-refractivity contribution in [3.8, 4) is 0 Å². The van der Waals surface area contributed by atoms with Crippen LogP contribution in [0.15, 0.2) is 48.7 Å². The van der Waals surface area contributed by atoms with Gasteiger partial charge in [0.15, 0.2) is 11.6 Å². The number of aromatic nitrogens is 5. The number of hydrogen-bond acceptors (Lipinski definition) is 5. The lowest BCUT2D eigenvalue weighted by Gasteiger charge is -2.09. The summed E-state index contributed by atoms with van der Waals surface area (Å²) in [6.45, 7) is 2.58. The number of anilines is 3. The van der Waals surface area contributed by atoms with Gasteiger partial charge in [-0.3, -0.25) is 5.10 Å². The fourth-order valence-electron chi connectivity index (χ4n) is 2.67. The second kappa shape index (κ2) is 6.83. The van der Waals surface area contributed by atoms with Gasteiger partial charge in [0.25, 0.3) is 0 Å². The van der Waals surface area contributed by atoms with Gasteiger partial charge >= 0.3 is 0 Å². The molecule has 0 saturated carbocycles. The Morgan fingerprint density at radius 3 is 2.81 bits per heavy atom. The minimum absolute atomic E-state index is 0.229. The van der Waals surface area contributed by atoms with Crippen molar-refractivity contribution >= 4 is 23.1 Å². The summed E-state index contributed by atoms with van der Waals surface area (Å²) in [5.74, 6) is 1.64. The molecule has 26 heavy (non-hydrogen) atoms.